The van der Waals surface area contributed by atoms with Crippen LogP contribution in [0.5, 0.6) is 0 Å². The van der Waals surface area contributed by atoms with Gasteiger partial charge < -0.3 is 9.31 Å². The van der Waals surface area contributed by atoms with Crippen LogP contribution in [0.4, 0.5) is 5.69 Å². The molecule has 3 rings (SSSR count). The molecule has 0 aliphatic carbocycles. The molecule has 1 aromatic carbocycles. The molecule has 0 spiro atoms. The van der Waals surface area contributed by atoms with Crippen LogP contribution >= 0.6 is 0 Å². The van der Waals surface area contributed by atoms with Crippen LogP contribution in [-0.4, -0.2) is 36.5 Å². The monoisotopic (exact) mass is 433 g/mol. The fraction of sp³-hybridized carbons (Fsp3) is 0.571. The second-order valence-corrected chi connectivity index (χ2v) is 11.1. The molecule has 9 heteroatoms. The van der Waals surface area contributed by atoms with Gasteiger partial charge in [-0.25, -0.2) is 8.42 Å². The van der Waals surface area contributed by atoms with Gasteiger partial charge in [0.05, 0.1) is 33.2 Å². The van der Waals surface area contributed by atoms with Crippen molar-refractivity contribution in [3.8, 4) is 0 Å². The minimum absolute atomic E-state index is 0.182. The maximum absolute atomic E-state index is 13.0. The number of nitrogens with one attached hydrogen (secondary N) is 1. The Hall–Kier alpha value is -1.84. The first kappa shape index (κ1) is 22.8. The van der Waals surface area contributed by atoms with E-state index < -0.39 is 28.3 Å². The molecule has 0 saturated carbocycles. The summed E-state index contributed by atoms with van der Waals surface area (Å²) in [5.41, 5.74) is 1.97. The molecule has 7 nitrogen and oxygen atoms in total. The van der Waals surface area contributed by atoms with Crippen LogP contribution in [-0.2, 0) is 32.8 Å². The summed E-state index contributed by atoms with van der Waals surface area (Å²) in [6, 6.07) is 6.64. The van der Waals surface area contributed by atoms with Crippen LogP contribution in [0.2, 0.25) is 0 Å². The van der Waals surface area contributed by atoms with E-state index in [0.717, 1.165) is 16.9 Å². The zero-order valence-corrected chi connectivity index (χ0v) is 19.9. The summed E-state index contributed by atoms with van der Waals surface area (Å²) < 4.78 is 42.6. The van der Waals surface area contributed by atoms with Gasteiger partial charge >= 0.3 is 7.12 Å². The number of benzene rings is 1. The topological polar surface area (TPSA) is 82.5 Å². The van der Waals surface area contributed by atoms with Crippen molar-refractivity contribution in [2.75, 3.05) is 4.72 Å². The van der Waals surface area contributed by atoms with Crippen molar-refractivity contribution in [1.29, 1.82) is 0 Å². The molecule has 164 valence electrons. The van der Waals surface area contributed by atoms with E-state index in [2.05, 4.69) is 23.7 Å². The van der Waals surface area contributed by atoms with Crippen molar-refractivity contribution in [1.82, 2.24) is 9.78 Å². The molecular formula is C21H32BN3O4S. The first-order valence-corrected chi connectivity index (χ1v) is 11.7. The van der Waals surface area contributed by atoms with Crippen LogP contribution in [0.1, 0.15) is 52.9 Å². The molecule has 0 amide bonds. The van der Waals surface area contributed by atoms with E-state index in [-0.39, 0.29) is 4.90 Å². The van der Waals surface area contributed by atoms with Crippen molar-refractivity contribution < 1.29 is 17.7 Å². The SMILES string of the molecule is Cc1c(NS(=O)(=O)c2ccc(B3OC(C)(C)C(C)(C)O3)cc2)c(CC(C)C)nn1C. The summed E-state index contributed by atoms with van der Waals surface area (Å²) >= 11 is 0. The second kappa shape index (κ2) is 7.69. The van der Waals surface area contributed by atoms with E-state index >= 15 is 0 Å². The van der Waals surface area contributed by atoms with Crippen molar-refractivity contribution >= 4 is 28.3 Å². The summed E-state index contributed by atoms with van der Waals surface area (Å²) in [7, 11) is -2.47. The van der Waals surface area contributed by atoms with Gasteiger partial charge in [0.1, 0.15) is 0 Å². The predicted octanol–water partition coefficient (Wildman–Crippen LogP) is 3.03. The van der Waals surface area contributed by atoms with E-state index in [1.165, 1.54) is 0 Å². The molecule has 1 aliphatic heterocycles. The average molecular weight is 433 g/mol. The molecule has 1 aromatic heterocycles. The fourth-order valence-electron chi connectivity index (χ4n) is 3.32. The normalized spacial score (nSPS) is 18.2. The number of hydrogen-bond acceptors (Lipinski definition) is 5. The largest absolute Gasteiger partial charge is 0.494 e. The summed E-state index contributed by atoms with van der Waals surface area (Å²) in [5.74, 6) is 0.363. The van der Waals surface area contributed by atoms with Gasteiger partial charge in [0.2, 0.25) is 0 Å². The lowest BCUT2D eigenvalue weighted by molar-refractivity contribution is 0.00578. The zero-order valence-electron chi connectivity index (χ0n) is 19.1. The number of aryl methyl sites for hydroxylation is 1. The highest BCUT2D eigenvalue weighted by Crippen LogP contribution is 2.36. The number of nitrogens with zero attached hydrogens (tertiary/aromatic N) is 2. The Bertz CT molecular complexity index is 1010. The standard InChI is InChI=1S/C21H32BN3O4S/c1-14(2)13-18-19(15(3)25(8)23-18)24-30(26,27)17-11-9-16(10-12-17)22-28-20(4,5)21(6,7)29-22/h9-12,14,24H,13H2,1-8H3. The third-order valence-electron chi connectivity index (χ3n) is 5.96. The van der Waals surface area contributed by atoms with Crippen molar-refractivity contribution in [2.45, 2.75) is 71.0 Å². The Morgan fingerprint density at radius 3 is 2.13 bits per heavy atom. The van der Waals surface area contributed by atoms with Gasteiger partial charge in [0, 0.05) is 7.05 Å². The van der Waals surface area contributed by atoms with Gasteiger partial charge in [0.15, 0.2) is 0 Å². The van der Waals surface area contributed by atoms with Crippen LogP contribution in [0.15, 0.2) is 29.2 Å². The Balaban J connectivity index is 1.84. The Kier molecular flexibility index (Phi) is 5.86. The van der Waals surface area contributed by atoms with Crippen molar-refractivity contribution in [2.24, 2.45) is 13.0 Å². The summed E-state index contributed by atoms with van der Waals surface area (Å²) in [5, 5.41) is 4.48. The molecule has 0 unspecified atom stereocenters. The minimum Gasteiger partial charge on any atom is -0.399 e. The molecule has 1 saturated heterocycles. The number of hydrogen-bond donors (Lipinski definition) is 1. The molecule has 0 radical (unpaired) electrons. The lowest BCUT2D eigenvalue weighted by Crippen LogP contribution is -2.41. The smallest absolute Gasteiger partial charge is 0.399 e. The Morgan fingerprint density at radius 2 is 1.63 bits per heavy atom. The highest BCUT2D eigenvalue weighted by Gasteiger charge is 2.51. The van der Waals surface area contributed by atoms with E-state index in [1.54, 1.807) is 28.9 Å². The van der Waals surface area contributed by atoms with Crippen LogP contribution in [0.3, 0.4) is 0 Å². The average Bonchev–Trinajstić information content (AvgIpc) is 3.00. The van der Waals surface area contributed by atoms with Gasteiger partial charge in [-0.05, 0) is 64.6 Å². The molecule has 0 bridgehead atoms. The van der Waals surface area contributed by atoms with E-state index in [9.17, 15) is 8.42 Å². The van der Waals surface area contributed by atoms with Gasteiger partial charge in [0.25, 0.3) is 10.0 Å². The molecular weight excluding hydrogens is 401 g/mol. The molecule has 2 heterocycles. The number of aromatic nitrogens is 2. The molecule has 30 heavy (non-hydrogen) atoms. The number of sulfonamides is 1. The highest BCUT2D eigenvalue weighted by molar-refractivity contribution is 7.92. The van der Waals surface area contributed by atoms with E-state index in [0.29, 0.717) is 18.0 Å². The van der Waals surface area contributed by atoms with E-state index in [4.69, 9.17) is 9.31 Å². The summed E-state index contributed by atoms with van der Waals surface area (Å²) in [6.07, 6.45) is 0.695. The van der Waals surface area contributed by atoms with E-state index in [1.807, 2.05) is 41.7 Å². The van der Waals surface area contributed by atoms with Crippen molar-refractivity contribution in [3.05, 3.63) is 35.7 Å². The van der Waals surface area contributed by atoms with Gasteiger partial charge in [-0.2, -0.15) is 5.10 Å². The van der Waals surface area contributed by atoms with Crippen LogP contribution in [0.25, 0.3) is 0 Å². The predicted molar refractivity (Wildman–Crippen MR) is 119 cm³/mol. The Labute approximate surface area is 180 Å². The molecule has 1 fully saturated rings. The molecule has 1 aliphatic rings. The summed E-state index contributed by atoms with van der Waals surface area (Å²) in [6.45, 7) is 14.0. The molecule has 2 aromatic rings. The van der Waals surface area contributed by atoms with Crippen molar-refractivity contribution in [3.63, 3.8) is 0 Å². The molecule has 0 atom stereocenters. The first-order chi connectivity index (χ1) is 13.7. The highest BCUT2D eigenvalue weighted by atomic mass is 32.2. The van der Waals surface area contributed by atoms with Gasteiger partial charge in [-0.3, -0.25) is 9.40 Å². The fourth-order valence-corrected chi connectivity index (χ4v) is 4.46. The lowest BCUT2D eigenvalue weighted by Gasteiger charge is -2.32. The number of rotatable bonds is 6. The van der Waals surface area contributed by atoms with Crippen LogP contribution < -0.4 is 10.2 Å². The maximum atomic E-state index is 13.0. The third-order valence-corrected chi connectivity index (χ3v) is 7.33. The maximum Gasteiger partial charge on any atom is 0.494 e. The minimum atomic E-state index is -3.75. The molecule has 1 N–H and O–H groups in total. The Morgan fingerprint density at radius 1 is 1.10 bits per heavy atom. The third kappa shape index (κ3) is 4.29. The quantitative estimate of drug-likeness (QED) is 0.709. The lowest BCUT2D eigenvalue weighted by atomic mass is 9.79. The second-order valence-electron chi connectivity index (χ2n) is 9.39. The zero-order chi connectivity index (χ0) is 22.5. The van der Waals surface area contributed by atoms with Gasteiger partial charge in [-0.1, -0.05) is 26.0 Å². The number of anilines is 1. The first-order valence-electron chi connectivity index (χ1n) is 10.2. The van der Waals surface area contributed by atoms with Gasteiger partial charge in [-0.15, -0.1) is 0 Å². The summed E-state index contributed by atoms with van der Waals surface area (Å²) in [4.78, 5) is 0.182. The van der Waals surface area contributed by atoms with Crippen LogP contribution in [0, 0.1) is 12.8 Å².